The van der Waals surface area contributed by atoms with Gasteiger partial charge in [-0.25, -0.2) is 0 Å². The van der Waals surface area contributed by atoms with E-state index >= 15 is 0 Å². The zero-order valence-corrected chi connectivity index (χ0v) is 20.0. The van der Waals surface area contributed by atoms with Gasteiger partial charge in [0, 0.05) is 30.5 Å². The lowest BCUT2D eigenvalue weighted by molar-refractivity contribution is -0.153. The first-order chi connectivity index (χ1) is 14.6. The van der Waals surface area contributed by atoms with Gasteiger partial charge in [0.2, 0.25) is 11.8 Å². The minimum atomic E-state index is -0.614. The number of aliphatic hydroxyl groups excluding tert-OH is 1. The average molecular weight is 453 g/mol. The van der Waals surface area contributed by atoms with Crippen molar-refractivity contribution < 1.29 is 24.2 Å². The molecule has 1 N–H and O–H groups in total. The quantitative estimate of drug-likeness (QED) is 0.328. The summed E-state index contributed by atoms with van der Waals surface area (Å²) in [6.45, 7) is 12.7. The van der Waals surface area contributed by atoms with Crippen LogP contribution in [0.2, 0.25) is 0 Å². The third-order valence-electron chi connectivity index (χ3n) is 6.79. The van der Waals surface area contributed by atoms with Gasteiger partial charge in [-0.2, -0.15) is 0 Å². The molecule has 2 amide bonds. The maximum Gasteiger partial charge on any atom is 0.310 e. The van der Waals surface area contributed by atoms with Gasteiger partial charge in [0.25, 0.3) is 0 Å². The van der Waals surface area contributed by atoms with E-state index in [0.29, 0.717) is 25.9 Å². The summed E-state index contributed by atoms with van der Waals surface area (Å²) in [6.07, 6.45) is 4.45. The van der Waals surface area contributed by atoms with Crippen LogP contribution in [0.3, 0.4) is 0 Å². The second-order valence-electron chi connectivity index (χ2n) is 9.68. The number of nitrogens with zero attached hydrogens (tertiary/aromatic N) is 2. The van der Waals surface area contributed by atoms with Crippen molar-refractivity contribution in [2.24, 2.45) is 11.8 Å². The summed E-state index contributed by atoms with van der Waals surface area (Å²) in [5.41, 5.74) is -0.429. The van der Waals surface area contributed by atoms with E-state index < -0.39 is 28.2 Å². The molecule has 31 heavy (non-hydrogen) atoms. The molecule has 2 bridgehead atoms. The highest BCUT2D eigenvalue weighted by molar-refractivity contribution is 8.02. The van der Waals surface area contributed by atoms with E-state index in [4.69, 9.17) is 4.74 Å². The van der Waals surface area contributed by atoms with Gasteiger partial charge in [0.1, 0.15) is 6.04 Å². The van der Waals surface area contributed by atoms with E-state index in [1.165, 1.54) is 0 Å². The third-order valence-corrected chi connectivity index (χ3v) is 8.74. The number of aliphatic hydroxyl groups is 1. The molecule has 2 unspecified atom stereocenters. The van der Waals surface area contributed by atoms with Crippen molar-refractivity contribution in [2.45, 2.75) is 75.0 Å². The number of hydrogen-bond donors (Lipinski definition) is 1. The normalized spacial score (nSPS) is 31.6. The van der Waals surface area contributed by atoms with Crippen LogP contribution < -0.4 is 0 Å². The Kier molecular flexibility index (Phi) is 7.11. The smallest absolute Gasteiger partial charge is 0.310 e. The van der Waals surface area contributed by atoms with Gasteiger partial charge in [-0.1, -0.05) is 6.08 Å². The standard InChI is InChI=1S/C23H36N2O5S/c1-6-12-25(22(3,4)5)20(28)18-23-11-10-15(31-23)16(21(29)30-7-2)17(23)19(27)24(18)13-8-9-14-26/h6,15-18,26H,1,7-14H2,2-5H3/t15-,16+,17-,18?,23?/m0/s1. The molecule has 0 aromatic rings. The molecule has 0 aromatic heterocycles. The van der Waals surface area contributed by atoms with Gasteiger partial charge < -0.3 is 19.6 Å². The summed E-state index contributed by atoms with van der Waals surface area (Å²) in [6, 6.07) is -0.614. The molecule has 3 fully saturated rings. The minimum absolute atomic E-state index is 0.0189. The van der Waals surface area contributed by atoms with Crippen LogP contribution in [0, 0.1) is 11.8 Å². The van der Waals surface area contributed by atoms with E-state index in [2.05, 4.69) is 6.58 Å². The molecule has 3 aliphatic rings. The number of fused-ring (bicyclic) bond motifs is 1. The number of likely N-dealkylation sites (tertiary alicyclic amines) is 1. The van der Waals surface area contributed by atoms with Gasteiger partial charge in [0.15, 0.2) is 0 Å². The molecular weight excluding hydrogens is 416 g/mol. The van der Waals surface area contributed by atoms with E-state index in [-0.39, 0.29) is 36.2 Å². The molecule has 0 saturated carbocycles. The molecule has 1 spiro atoms. The van der Waals surface area contributed by atoms with Crippen molar-refractivity contribution in [2.75, 3.05) is 26.3 Å². The molecule has 174 valence electrons. The molecule has 8 heteroatoms. The zero-order valence-electron chi connectivity index (χ0n) is 19.1. The Bertz CT molecular complexity index is 736. The Labute approximate surface area is 189 Å². The predicted octanol–water partition coefficient (Wildman–Crippen LogP) is 2.23. The van der Waals surface area contributed by atoms with Crippen molar-refractivity contribution in [1.29, 1.82) is 0 Å². The molecule has 5 atom stereocenters. The van der Waals surface area contributed by atoms with Crippen LogP contribution >= 0.6 is 11.8 Å². The van der Waals surface area contributed by atoms with Crippen LogP contribution in [0.4, 0.5) is 0 Å². The summed E-state index contributed by atoms with van der Waals surface area (Å²) in [7, 11) is 0. The Morgan fingerprint density at radius 3 is 2.68 bits per heavy atom. The SMILES string of the molecule is C=CCN(C(=O)C1N(CCCCO)C(=O)[C@@H]2[C@H](C(=O)OCC)[C@@H]3CCC12S3)C(C)(C)C. The number of amides is 2. The van der Waals surface area contributed by atoms with E-state index in [9.17, 15) is 19.5 Å². The molecule has 0 radical (unpaired) electrons. The van der Waals surface area contributed by atoms with Crippen molar-refractivity contribution in [3.63, 3.8) is 0 Å². The fourth-order valence-electron chi connectivity index (χ4n) is 5.54. The monoisotopic (exact) mass is 452 g/mol. The Balaban J connectivity index is 2.02. The molecular formula is C23H36N2O5S. The summed E-state index contributed by atoms with van der Waals surface area (Å²) >= 11 is 1.66. The van der Waals surface area contributed by atoms with E-state index in [0.717, 1.165) is 12.8 Å². The number of rotatable bonds is 9. The highest BCUT2D eigenvalue weighted by Crippen LogP contribution is 2.66. The van der Waals surface area contributed by atoms with Gasteiger partial charge in [0.05, 0.1) is 23.2 Å². The Morgan fingerprint density at radius 2 is 2.10 bits per heavy atom. The first kappa shape index (κ1) is 24.1. The Hall–Kier alpha value is -1.54. The summed E-state index contributed by atoms with van der Waals surface area (Å²) in [5.74, 6) is -1.53. The fourth-order valence-corrected chi connectivity index (χ4v) is 7.75. The first-order valence-corrected chi connectivity index (χ1v) is 12.2. The summed E-state index contributed by atoms with van der Waals surface area (Å²) < 4.78 is 4.74. The van der Waals surface area contributed by atoms with Crippen LogP contribution in [-0.4, -0.2) is 80.6 Å². The van der Waals surface area contributed by atoms with Crippen LogP contribution in [0.5, 0.6) is 0 Å². The number of hydrogen-bond acceptors (Lipinski definition) is 6. The van der Waals surface area contributed by atoms with Crippen LogP contribution in [0.15, 0.2) is 12.7 Å². The maximum absolute atomic E-state index is 14.0. The second-order valence-corrected chi connectivity index (χ2v) is 11.3. The fraction of sp³-hybridized carbons (Fsp3) is 0.783. The largest absolute Gasteiger partial charge is 0.466 e. The minimum Gasteiger partial charge on any atom is -0.466 e. The number of esters is 1. The van der Waals surface area contributed by atoms with Crippen LogP contribution in [-0.2, 0) is 19.1 Å². The number of carbonyl (C=O) groups is 3. The number of unbranched alkanes of at least 4 members (excludes halogenated alkanes) is 1. The summed E-state index contributed by atoms with van der Waals surface area (Å²) in [5, 5.41) is 9.25. The van der Waals surface area contributed by atoms with Crippen molar-refractivity contribution in [3.8, 4) is 0 Å². The van der Waals surface area contributed by atoms with Crippen LogP contribution in [0.1, 0.15) is 53.4 Å². The lowest BCUT2D eigenvalue weighted by atomic mass is 9.71. The molecule has 3 heterocycles. The van der Waals surface area contributed by atoms with E-state index in [1.54, 1.807) is 34.6 Å². The molecule has 0 aromatic carbocycles. The van der Waals surface area contributed by atoms with Gasteiger partial charge in [-0.15, -0.1) is 18.3 Å². The topological polar surface area (TPSA) is 87.2 Å². The first-order valence-electron chi connectivity index (χ1n) is 11.3. The third kappa shape index (κ3) is 4.01. The number of thioether (sulfide) groups is 1. The molecule has 0 aliphatic carbocycles. The van der Waals surface area contributed by atoms with E-state index in [1.807, 2.05) is 20.8 Å². The van der Waals surface area contributed by atoms with Gasteiger partial charge in [-0.3, -0.25) is 14.4 Å². The highest BCUT2D eigenvalue weighted by atomic mass is 32.2. The molecule has 3 saturated heterocycles. The number of carbonyl (C=O) groups excluding carboxylic acids is 3. The lowest BCUT2D eigenvalue weighted by Crippen LogP contribution is -2.58. The predicted molar refractivity (Wildman–Crippen MR) is 120 cm³/mol. The second kappa shape index (κ2) is 9.14. The zero-order chi connectivity index (χ0) is 23.0. The van der Waals surface area contributed by atoms with Crippen molar-refractivity contribution >= 4 is 29.5 Å². The van der Waals surface area contributed by atoms with Gasteiger partial charge in [-0.05, 0) is 53.4 Å². The molecule has 7 nitrogen and oxygen atoms in total. The maximum atomic E-state index is 14.0. The average Bonchev–Trinajstić information content (AvgIpc) is 3.33. The van der Waals surface area contributed by atoms with Crippen molar-refractivity contribution in [3.05, 3.63) is 12.7 Å². The lowest BCUT2D eigenvalue weighted by Gasteiger charge is -2.42. The highest BCUT2D eigenvalue weighted by Gasteiger charge is 2.74. The number of ether oxygens (including phenoxy) is 1. The summed E-state index contributed by atoms with van der Waals surface area (Å²) in [4.78, 5) is 44.0. The molecule has 3 aliphatic heterocycles. The Morgan fingerprint density at radius 1 is 1.39 bits per heavy atom. The van der Waals surface area contributed by atoms with Gasteiger partial charge >= 0.3 is 5.97 Å². The van der Waals surface area contributed by atoms with Crippen LogP contribution in [0.25, 0.3) is 0 Å². The van der Waals surface area contributed by atoms with Crippen molar-refractivity contribution in [1.82, 2.24) is 9.80 Å². The molecule has 3 rings (SSSR count).